The fourth-order valence-electron chi connectivity index (χ4n) is 4.84. The van der Waals surface area contributed by atoms with Crippen molar-refractivity contribution in [2.24, 2.45) is 11.8 Å². The minimum absolute atomic E-state index is 0.0314. The van der Waals surface area contributed by atoms with Crippen molar-refractivity contribution in [2.75, 3.05) is 12.8 Å². The van der Waals surface area contributed by atoms with Gasteiger partial charge in [-0.1, -0.05) is 5.92 Å². The smallest absolute Gasteiger partial charge is 0.308 e. The van der Waals surface area contributed by atoms with Gasteiger partial charge in [0, 0.05) is 12.5 Å². The second-order valence-electron chi connectivity index (χ2n) is 9.71. The van der Waals surface area contributed by atoms with Gasteiger partial charge in [0.25, 0.3) is 5.91 Å². The molecule has 3 fully saturated rings. The third kappa shape index (κ3) is 4.86. The Morgan fingerprint density at radius 3 is 2.64 bits per heavy atom. The van der Waals surface area contributed by atoms with Gasteiger partial charge in [0.15, 0.2) is 23.8 Å². The lowest BCUT2D eigenvalue weighted by atomic mass is 9.81. The minimum atomic E-state index is -1.40. The Hall–Kier alpha value is -3.27. The van der Waals surface area contributed by atoms with E-state index in [1.807, 2.05) is 0 Å². The second kappa shape index (κ2) is 10.0. The summed E-state index contributed by atoms with van der Waals surface area (Å²) >= 11 is 0. The summed E-state index contributed by atoms with van der Waals surface area (Å²) in [6.45, 7) is 0. The van der Waals surface area contributed by atoms with Crippen molar-refractivity contribution in [3.05, 3.63) is 12.2 Å². The van der Waals surface area contributed by atoms with Gasteiger partial charge in [0.2, 0.25) is 5.82 Å². The number of hydrogen-bond acceptors (Lipinski definition) is 10. The van der Waals surface area contributed by atoms with Crippen molar-refractivity contribution in [3.63, 3.8) is 0 Å². The van der Waals surface area contributed by atoms with Crippen molar-refractivity contribution in [1.82, 2.24) is 24.8 Å². The van der Waals surface area contributed by atoms with Crippen molar-refractivity contribution in [3.8, 4) is 11.8 Å². The van der Waals surface area contributed by atoms with Gasteiger partial charge in [-0.3, -0.25) is 14.2 Å². The molecule has 12 nitrogen and oxygen atoms in total. The zero-order valence-electron chi connectivity index (χ0n) is 20.0. The van der Waals surface area contributed by atoms with Crippen molar-refractivity contribution < 1.29 is 29.3 Å². The first kappa shape index (κ1) is 24.4. The van der Waals surface area contributed by atoms with Crippen LogP contribution in [0, 0.1) is 23.7 Å². The lowest BCUT2D eigenvalue weighted by molar-refractivity contribution is -0.146. The minimum Gasteiger partial charge on any atom is -0.469 e. The zero-order valence-corrected chi connectivity index (χ0v) is 20.0. The van der Waals surface area contributed by atoms with Crippen LogP contribution in [0.3, 0.4) is 0 Å². The van der Waals surface area contributed by atoms with Crippen LogP contribution in [0.25, 0.3) is 11.2 Å². The monoisotopic (exact) mass is 498 g/mol. The Labute approximate surface area is 207 Å². The number of carbonyl (C=O) groups excluding carboxylic acids is 2. The molecule has 2 aliphatic carbocycles. The van der Waals surface area contributed by atoms with E-state index in [1.54, 1.807) is 0 Å². The molecule has 1 aliphatic heterocycles. The maximum Gasteiger partial charge on any atom is 0.308 e. The van der Waals surface area contributed by atoms with Crippen molar-refractivity contribution in [1.29, 1.82) is 0 Å². The number of nitrogens with zero attached hydrogens (tertiary/aromatic N) is 4. The van der Waals surface area contributed by atoms with E-state index in [1.165, 1.54) is 18.0 Å². The summed E-state index contributed by atoms with van der Waals surface area (Å²) in [6.07, 6.45) is 2.12. The van der Waals surface area contributed by atoms with Crippen LogP contribution < -0.4 is 11.1 Å². The predicted octanol–water partition coefficient (Wildman–Crippen LogP) is 0.0273. The van der Waals surface area contributed by atoms with E-state index in [4.69, 9.17) is 15.2 Å². The van der Waals surface area contributed by atoms with Crippen LogP contribution in [0.15, 0.2) is 6.33 Å². The number of aromatic nitrogens is 4. The molecule has 4 atom stereocenters. The van der Waals surface area contributed by atoms with Gasteiger partial charge in [-0.25, -0.2) is 15.0 Å². The molecule has 12 heteroatoms. The van der Waals surface area contributed by atoms with Crippen LogP contribution in [0.2, 0.25) is 0 Å². The molecule has 2 saturated carbocycles. The Morgan fingerprint density at radius 1 is 1.19 bits per heavy atom. The highest BCUT2D eigenvalue weighted by Crippen LogP contribution is 2.33. The third-order valence-corrected chi connectivity index (χ3v) is 7.12. The fourth-order valence-corrected chi connectivity index (χ4v) is 4.84. The number of carbonyl (C=O) groups is 2. The molecule has 2 aromatic rings. The lowest BCUT2D eigenvalue weighted by Gasteiger charge is -2.25. The molecule has 0 aromatic carbocycles. The highest BCUT2D eigenvalue weighted by atomic mass is 16.6. The first-order valence-electron chi connectivity index (χ1n) is 12.2. The van der Waals surface area contributed by atoms with Crippen LogP contribution in [0.5, 0.6) is 0 Å². The molecule has 5 N–H and O–H groups in total. The molecule has 1 amide bonds. The standard InChI is InChI=1S/C24H30N6O6/c1-35-24(34)13-7-5-12(6-8-13)3-2-4-15-28-20(25)16-21(29-15)30(11-26-16)23-18(32)17(31)19(36-23)22(33)27-14-9-10-14/h11-14,17-19,23,31-32H,3,5-10H2,1H3,(H,27,33)(H2,25,28,29)/t12?,13?,17-,18?,19+,23-/m1/s1. The first-order valence-corrected chi connectivity index (χ1v) is 12.2. The molecule has 3 heterocycles. The number of esters is 1. The number of anilines is 1. The summed E-state index contributed by atoms with van der Waals surface area (Å²) in [7, 11) is 1.42. The number of imidazole rings is 1. The van der Waals surface area contributed by atoms with Crippen LogP contribution >= 0.6 is 0 Å². The Kier molecular flexibility index (Phi) is 6.79. The second-order valence-corrected chi connectivity index (χ2v) is 9.71. The van der Waals surface area contributed by atoms with E-state index >= 15 is 0 Å². The van der Waals surface area contributed by atoms with E-state index < -0.39 is 30.4 Å². The maximum absolute atomic E-state index is 12.4. The average Bonchev–Trinajstić information content (AvgIpc) is 3.51. The molecule has 1 saturated heterocycles. The van der Waals surface area contributed by atoms with Crippen LogP contribution in [-0.2, 0) is 19.1 Å². The number of hydrogen-bond donors (Lipinski definition) is 4. The molecule has 0 spiro atoms. The molecule has 192 valence electrons. The summed E-state index contributed by atoms with van der Waals surface area (Å²) in [5.74, 6) is 6.13. The number of aliphatic hydroxyl groups is 2. The van der Waals surface area contributed by atoms with E-state index in [2.05, 4.69) is 32.1 Å². The largest absolute Gasteiger partial charge is 0.469 e. The summed E-state index contributed by atoms with van der Waals surface area (Å²) < 4.78 is 12.0. The lowest BCUT2D eigenvalue weighted by Crippen LogP contribution is -2.43. The number of nitrogens with one attached hydrogen (secondary N) is 1. The zero-order chi connectivity index (χ0) is 25.4. The van der Waals surface area contributed by atoms with Crippen LogP contribution in [0.1, 0.15) is 57.0 Å². The molecule has 5 rings (SSSR count). The number of ether oxygens (including phenoxy) is 2. The summed E-state index contributed by atoms with van der Waals surface area (Å²) in [6, 6.07) is 0.0927. The quantitative estimate of drug-likeness (QED) is 0.325. The normalized spacial score (nSPS) is 30.0. The summed E-state index contributed by atoms with van der Waals surface area (Å²) in [4.78, 5) is 37.0. The van der Waals surface area contributed by atoms with Gasteiger partial charge in [-0.2, -0.15) is 0 Å². The van der Waals surface area contributed by atoms with Gasteiger partial charge in [0.1, 0.15) is 17.7 Å². The number of rotatable bonds is 5. The molecular weight excluding hydrogens is 468 g/mol. The molecule has 36 heavy (non-hydrogen) atoms. The van der Waals surface area contributed by atoms with Crippen LogP contribution in [0.4, 0.5) is 5.82 Å². The van der Waals surface area contributed by atoms with Crippen LogP contribution in [-0.4, -0.2) is 73.1 Å². The molecule has 0 bridgehead atoms. The van der Waals surface area contributed by atoms with E-state index in [-0.39, 0.29) is 35.2 Å². The van der Waals surface area contributed by atoms with E-state index in [9.17, 15) is 19.8 Å². The SMILES string of the molecule is COC(=O)C1CCC(CC#Cc2nc(N)c3ncn([C@@H]4O[C@H](C(=O)NC5CC5)[C@H](O)C4O)c3n2)CC1. The summed E-state index contributed by atoms with van der Waals surface area (Å²) in [5.41, 5.74) is 6.67. The maximum atomic E-state index is 12.4. The Morgan fingerprint density at radius 2 is 1.94 bits per heavy atom. The third-order valence-electron chi connectivity index (χ3n) is 7.12. The molecule has 1 unspecified atom stereocenters. The Bertz CT molecular complexity index is 1210. The number of amides is 1. The highest BCUT2D eigenvalue weighted by Gasteiger charge is 2.48. The number of aliphatic hydroxyl groups excluding tert-OH is 2. The van der Waals surface area contributed by atoms with Gasteiger partial charge in [0.05, 0.1) is 19.4 Å². The van der Waals surface area contributed by atoms with E-state index in [0.717, 1.165) is 38.5 Å². The molecule has 3 aliphatic rings. The van der Waals surface area contributed by atoms with Crippen molar-refractivity contribution >= 4 is 28.9 Å². The highest BCUT2D eigenvalue weighted by molar-refractivity contribution is 5.83. The predicted molar refractivity (Wildman–Crippen MR) is 126 cm³/mol. The Balaban J connectivity index is 1.29. The molecule has 0 radical (unpaired) electrons. The molecular formula is C24H30N6O6. The van der Waals surface area contributed by atoms with Gasteiger partial charge < -0.3 is 30.7 Å². The number of nitrogen functional groups attached to an aromatic ring is 1. The van der Waals surface area contributed by atoms with Gasteiger partial charge in [-0.15, -0.1) is 0 Å². The summed E-state index contributed by atoms with van der Waals surface area (Å²) in [5, 5.41) is 23.8. The van der Waals surface area contributed by atoms with Gasteiger partial charge >= 0.3 is 5.97 Å². The molecule has 2 aromatic heterocycles. The van der Waals surface area contributed by atoms with Crippen molar-refractivity contribution in [2.45, 2.75) is 75.5 Å². The van der Waals surface area contributed by atoms with Gasteiger partial charge in [-0.05, 0) is 50.4 Å². The average molecular weight is 499 g/mol. The number of nitrogens with two attached hydrogens (primary N) is 1. The fraction of sp³-hybridized carbons (Fsp3) is 0.625. The number of methoxy groups -OCH3 is 1. The van der Waals surface area contributed by atoms with E-state index in [0.29, 0.717) is 17.9 Å². The number of fused-ring (bicyclic) bond motifs is 1. The topological polar surface area (TPSA) is 175 Å². The first-order chi connectivity index (χ1) is 17.4.